The van der Waals surface area contributed by atoms with Crippen LogP contribution in [0.4, 0.5) is 4.79 Å². The van der Waals surface area contributed by atoms with Crippen LogP contribution in [0.15, 0.2) is 0 Å². The first-order chi connectivity index (χ1) is 8.97. The highest BCUT2D eigenvalue weighted by atomic mass is 16.4. The number of hydrogen-bond acceptors (Lipinski definition) is 3. The molecule has 0 aromatic heterocycles. The maximum absolute atomic E-state index is 12.1. The number of carbonyl (C=O) groups is 2. The van der Waals surface area contributed by atoms with E-state index in [2.05, 4.69) is 10.2 Å². The lowest BCUT2D eigenvalue weighted by molar-refractivity contribution is -0.138. The number of aliphatic carboxylic acids is 1. The van der Waals surface area contributed by atoms with Gasteiger partial charge in [0.1, 0.15) is 6.54 Å². The van der Waals surface area contributed by atoms with Gasteiger partial charge in [-0.05, 0) is 33.1 Å². The summed E-state index contributed by atoms with van der Waals surface area (Å²) in [6, 6.07) is 0.502. The van der Waals surface area contributed by atoms with E-state index >= 15 is 0 Å². The van der Waals surface area contributed by atoms with Gasteiger partial charge in [0, 0.05) is 31.2 Å². The number of hydrogen-bond donors (Lipinski definition) is 2. The van der Waals surface area contributed by atoms with Crippen LogP contribution in [0, 0.1) is 0 Å². The second-order valence-electron chi connectivity index (χ2n) is 5.78. The van der Waals surface area contributed by atoms with Gasteiger partial charge >= 0.3 is 12.0 Å². The molecule has 2 fully saturated rings. The zero-order valence-electron chi connectivity index (χ0n) is 11.6. The molecule has 0 bridgehead atoms. The van der Waals surface area contributed by atoms with Gasteiger partial charge in [0.25, 0.3) is 0 Å². The van der Waals surface area contributed by atoms with Gasteiger partial charge in [-0.15, -0.1) is 0 Å². The molecule has 1 saturated carbocycles. The summed E-state index contributed by atoms with van der Waals surface area (Å²) in [6.07, 6.45) is 3.51. The molecule has 1 saturated heterocycles. The van der Waals surface area contributed by atoms with Crippen molar-refractivity contribution in [3.05, 3.63) is 0 Å². The van der Waals surface area contributed by atoms with Gasteiger partial charge in [0.2, 0.25) is 0 Å². The van der Waals surface area contributed by atoms with Crippen molar-refractivity contribution in [3.8, 4) is 0 Å². The smallest absolute Gasteiger partial charge is 0.323 e. The van der Waals surface area contributed by atoms with Gasteiger partial charge < -0.3 is 15.3 Å². The van der Waals surface area contributed by atoms with Crippen molar-refractivity contribution in [2.24, 2.45) is 0 Å². The molecular weight excluding hydrogens is 246 g/mol. The molecular formula is C13H23N3O3. The average molecular weight is 269 g/mol. The number of carboxylic acid groups (broad SMARTS) is 1. The summed E-state index contributed by atoms with van der Waals surface area (Å²) in [7, 11) is 0. The number of carboxylic acids is 1. The van der Waals surface area contributed by atoms with Gasteiger partial charge in [0.05, 0.1) is 0 Å². The highest BCUT2D eigenvalue weighted by molar-refractivity contribution is 5.80. The Bertz CT molecular complexity index is 355. The molecule has 1 aliphatic heterocycles. The summed E-state index contributed by atoms with van der Waals surface area (Å²) in [5, 5.41) is 11.8. The van der Waals surface area contributed by atoms with Crippen LogP contribution in [0.25, 0.3) is 0 Å². The monoisotopic (exact) mass is 269 g/mol. The predicted molar refractivity (Wildman–Crippen MR) is 71.0 cm³/mol. The van der Waals surface area contributed by atoms with Gasteiger partial charge in [-0.2, -0.15) is 0 Å². The summed E-state index contributed by atoms with van der Waals surface area (Å²) >= 11 is 0. The Morgan fingerprint density at radius 3 is 2.58 bits per heavy atom. The number of urea groups is 1. The molecule has 1 aliphatic carbocycles. The Morgan fingerprint density at radius 1 is 1.37 bits per heavy atom. The van der Waals surface area contributed by atoms with Gasteiger partial charge in [-0.25, -0.2) is 4.79 Å². The molecule has 19 heavy (non-hydrogen) atoms. The van der Waals surface area contributed by atoms with E-state index in [1.165, 1.54) is 17.7 Å². The lowest BCUT2D eigenvalue weighted by Crippen LogP contribution is -2.50. The van der Waals surface area contributed by atoms with E-state index in [0.717, 1.165) is 25.6 Å². The van der Waals surface area contributed by atoms with Gasteiger partial charge in [-0.1, -0.05) is 0 Å². The zero-order chi connectivity index (χ0) is 14.0. The first kappa shape index (κ1) is 14.1. The van der Waals surface area contributed by atoms with E-state index in [9.17, 15) is 9.59 Å². The van der Waals surface area contributed by atoms with Crippen LogP contribution >= 0.6 is 0 Å². The molecule has 0 aromatic carbocycles. The number of nitrogens with zero attached hydrogens (tertiary/aromatic N) is 2. The molecule has 1 atom stereocenters. The van der Waals surface area contributed by atoms with Gasteiger partial charge in [-0.3, -0.25) is 9.69 Å². The van der Waals surface area contributed by atoms with Crippen molar-refractivity contribution in [3.63, 3.8) is 0 Å². The Kier molecular flexibility index (Phi) is 4.29. The van der Waals surface area contributed by atoms with E-state index < -0.39 is 5.97 Å². The van der Waals surface area contributed by atoms with E-state index in [4.69, 9.17) is 5.11 Å². The van der Waals surface area contributed by atoms with Crippen molar-refractivity contribution >= 4 is 12.0 Å². The zero-order valence-corrected chi connectivity index (χ0v) is 11.6. The molecule has 6 heteroatoms. The van der Waals surface area contributed by atoms with E-state index in [0.29, 0.717) is 0 Å². The normalized spacial score (nSPS) is 23.6. The highest BCUT2D eigenvalue weighted by Gasteiger charge is 2.35. The molecule has 2 rings (SSSR count). The van der Waals surface area contributed by atoms with Crippen LogP contribution in [0.1, 0.15) is 33.1 Å². The number of likely N-dealkylation sites (tertiary alicyclic amines) is 1. The number of nitrogens with one attached hydrogen (secondary N) is 1. The molecule has 2 amide bonds. The van der Waals surface area contributed by atoms with E-state index in [-0.39, 0.29) is 24.7 Å². The molecule has 0 aromatic rings. The second kappa shape index (κ2) is 5.77. The van der Waals surface area contributed by atoms with Crippen molar-refractivity contribution in [1.29, 1.82) is 0 Å². The second-order valence-corrected chi connectivity index (χ2v) is 5.78. The first-order valence-electron chi connectivity index (χ1n) is 7.00. The van der Waals surface area contributed by atoms with Gasteiger partial charge in [0.15, 0.2) is 0 Å². The summed E-state index contributed by atoms with van der Waals surface area (Å²) in [5.74, 6) is -0.977. The minimum atomic E-state index is -0.977. The number of amides is 2. The summed E-state index contributed by atoms with van der Waals surface area (Å²) in [4.78, 5) is 26.7. The largest absolute Gasteiger partial charge is 0.480 e. The third-order valence-corrected chi connectivity index (χ3v) is 3.80. The Morgan fingerprint density at radius 2 is 2.05 bits per heavy atom. The summed E-state index contributed by atoms with van der Waals surface area (Å²) in [6.45, 7) is 5.34. The van der Waals surface area contributed by atoms with Crippen molar-refractivity contribution in [2.75, 3.05) is 19.6 Å². The van der Waals surface area contributed by atoms with Crippen molar-refractivity contribution < 1.29 is 14.7 Å². The lowest BCUT2D eigenvalue weighted by atomic mass is 10.2. The average Bonchev–Trinajstić information content (AvgIpc) is 3.07. The molecule has 6 nitrogen and oxygen atoms in total. The maximum Gasteiger partial charge on any atom is 0.323 e. The SMILES string of the molecule is CC(C)N(CC(=O)O)C(=O)NC1CCN(C2CC2)C1. The lowest BCUT2D eigenvalue weighted by Gasteiger charge is -2.27. The maximum atomic E-state index is 12.1. The molecule has 2 aliphatic rings. The minimum absolute atomic E-state index is 0.114. The fourth-order valence-corrected chi connectivity index (χ4v) is 2.57. The molecule has 0 radical (unpaired) electrons. The minimum Gasteiger partial charge on any atom is -0.480 e. The summed E-state index contributed by atoms with van der Waals surface area (Å²) in [5.41, 5.74) is 0. The topological polar surface area (TPSA) is 72.9 Å². The Hall–Kier alpha value is -1.30. The van der Waals surface area contributed by atoms with Crippen LogP contribution in [0.5, 0.6) is 0 Å². The standard InChI is InChI=1S/C13H23N3O3/c1-9(2)16(8-12(17)18)13(19)14-10-5-6-15(7-10)11-3-4-11/h9-11H,3-8H2,1-2H3,(H,14,19)(H,17,18). The number of carbonyl (C=O) groups excluding carboxylic acids is 1. The quantitative estimate of drug-likeness (QED) is 0.771. The molecule has 1 heterocycles. The fraction of sp³-hybridized carbons (Fsp3) is 0.846. The van der Waals surface area contributed by atoms with Crippen LogP contribution in [0.3, 0.4) is 0 Å². The van der Waals surface area contributed by atoms with Crippen molar-refractivity contribution in [1.82, 2.24) is 15.1 Å². The van der Waals surface area contributed by atoms with Crippen LogP contribution in [-0.4, -0.2) is 64.7 Å². The van der Waals surface area contributed by atoms with E-state index in [1.807, 2.05) is 13.8 Å². The van der Waals surface area contributed by atoms with Crippen molar-refractivity contribution in [2.45, 2.75) is 51.2 Å². The van der Waals surface area contributed by atoms with Crippen LogP contribution in [-0.2, 0) is 4.79 Å². The molecule has 1 unspecified atom stereocenters. The summed E-state index contributed by atoms with van der Waals surface area (Å²) < 4.78 is 0. The van der Waals surface area contributed by atoms with Crippen LogP contribution in [0.2, 0.25) is 0 Å². The molecule has 108 valence electrons. The molecule has 0 spiro atoms. The molecule has 2 N–H and O–H groups in total. The van der Waals surface area contributed by atoms with E-state index in [1.54, 1.807) is 0 Å². The number of rotatable bonds is 5. The highest BCUT2D eigenvalue weighted by Crippen LogP contribution is 2.29. The first-order valence-corrected chi connectivity index (χ1v) is 7.00. The third-order valence-electron chi connectivity index (χ3n) is 3.80. The Balaban J connectivity index is 1.83. The Labute approximate surface area is 113 Å². The fourth-order valence-electron chi connectivity index (χ4n) is 2.57. The van der Waals surface area contributed by atoms with Crippen LogP contribution < -0.4 is 5.32 Å². The third kappa shape index (κ3) is 3.83. The predicted octanol–water partition coefficient (Wildman–Crippen LogP) is 0.728.